The maximum Gasteiger partial charge on any atom is 0.262 e. The number of nitrogens with two attached hydrogens (primary N) is 1. The zero-order valence-electron chi connectivity index (χ0n) is 17.1. The van der Waals surface area contributed by atoms with E-state index in [1.165, 1.54) is 11.3 Å². The third kappa shape index (κ3) is 4.17. The van der Waals surface area contributed by atoms with Gasteiger partial charge in [0.15, 0.2) is 6.61 Å². The van der Waals surface area contributed by atoms with Gasteiger partial charge in [0.25, 0.3) is 11.8 Å². The van der Waals surface area contributed by atoms with Gasteiger partial charge in [0, 0.05) is 24.0 Å². The highest BCUT2D eigenvalue weighted by Gasteiger charge is 2.28. The molecular formula is C23H25N3O3S. The molecule has 0 aliphatic carbocycles. The summed E-state index contributed by atoms with van der Waals surface area (Å²) in [5.41, 5.74) is 7.05. The normalized spacial score (nSPS) is 14.0. The van der Waals surface area contributed by atoms with Crippen molar-refractivity contribution >= 4 is 38.9 Å². The van der Waals surface area contributed by atoms with E-state index in [-0.39, 0.29) is 12.5 Å². The van der Waals surface area contributed by atoms with Crippen LogP contribution in [0.15, 0.2) is 42.5 Å². The lowest BCUT2D eigenvalue weighted by Gasteiger charge is -2.30. The van der Waals surface area contributed by atoms with Gasteiger partial charge in [-0.1, -0.05) is 30.3 Å². The van der Waals surface area contributed by atoms with Gasteiger partial charge in [-0.25, -0.2) is 0 Å². The molecule has 0 saturated carbocycles. The third-order valence-corrected chi connectivity index (χ3v) is 6.54. The van der Waals surface area contributed by atoms with Crippen molar-refractivity contribution < 1.29 is 14.3 Å². The first-order chi connectivity index (χ1) is 14.4. The molecule has 3 aromatic rings. The molecule has 1 aliphatic rings. The van der Waals surface area contributed by atoms with Crippen LogP contribution in [0.2, 0.25) is 0 Å². The van der Waals surface area contributed by atoms with E-state index in [1.54, 1.807) is 0 Å². The highest BCUT2D eigenvalue weighted by atomic mass is 32.1. The number of carbonyl (C=O) groups is 2. The Hall–Kier alpha value is -2.90. The van der Waals surface area contributed by atoms with E-state index in [2.05, 4.69) is 24.1 Å². The largest absolute Gasteiger partial charge is 0.484 e. The number of ether oxygens (including phenoxy) is 1. The lowest BCUT2D eigenvalue weighted by Crippen LogP contribution is -2.35. The first-order valence-electron chi connectivity index (χ1n) is 10.0. The number of anilines is 1. The summed E-state index contributed by atoms with van der Waals surface area (Å²) in [6.07, 6.45) is 0.756. The molecule has 30 heavy (non-hydrogen) atoms. The number of hydrogen-bond acceptors (Lipinski definition) is 5. The Balaban J connectivity index is 1.46. The van der Waals surface area contributed by atoms with Gasteiger partial charge in [-0.2, -0.15) is 0 Å². The molecule has 0 bridgehead atoms. The van der Waals surface area contributed by atoms with Gasteiger partial charge in [0.05, 0.1) is 5.56 Å². The van der Waals surface area contributed by atoms with Crippen molar-refractivity contribution in [2.45, 2.75) is 32.9 Å². The molecule has 0 atom stereocenters. The molecule has 0 radical (unpaired) electrons. The Morgan fingerprint density at radius 3 is 2.70 bits per heavy atom. The second-order valence-corrected chi connectivity index (χ2v) is 8.84. The van der Waals surface area contributed by atoms with Gasteiger partial charge >= 0.3 is 0 Å². The molecule has 156 valence electrons. The van der Waals surface area contributed by atoms with E-state index >= 15 is 0 Å². The van der Waals surface area contributed by atoms with Crippen LogP contribution in [0.25, 0.3) is 10.8 Å². The molecular weight excluding hydrogens is 398 g/mol. The van der Waals surface area contributed by atoms with Gasteiger partial charge in [-0.05, 0) is 48.7 Å². The lowest BCUT2D eigenvalue weighted by molar-refractivity contribution is -0.118. The molecule has 0 fully saturated rings. The zero-order chi connectivity index (χ0) is 21.3. The average molecular weight is 424 g/mol. The first kappa shape index (κ1) is 20.4. The number of primary amides is 1. The molecule has 2 aromatic carbocycles. The van der Waals surface area contributed by atoms with Gasteiger partial charge in [-0.3, -0.25) is 14.5 Å². The van der Waals surface area contributed by atoms with Crippen molar-refractivity contribution in [1.29, 1.82) is 0 Å². The molecule has 7 heteroatoms. The number of nitrogens with zero attached hydrogens (tertiary/aromatic N) is 1. The lowest BCUT2D eigenvalue weighted by atomic mass is 10.0. The van der Waals surface area contributed by atoms with Crippen molar-refractivity contribution in [3.63, 3.8) is 0 Å². The summed E-state index contributed by atoms with van der Waals surface area (Å²) < 4.78 is 5.67. The van der Waals surface area contributed by atoms with E-state index in [9.17, 15) is 9.59 Å². The number of hydrogen-bond donors (Lipinski definition) is 2. The fourth-order valence-corrected chi connectivity index (χ4v) is 5.08. The van der Waals surface area contributed by atoms with Crippen LogP contribution in [0.5, 0.6) is 5.75 Å². The number of carbonyl (C=O) groups excluding carboxylic acids is 2. The van der Waals surface area contributed by atoms with E-state index in [4.69, 9.17) is 10.5 Å². The molecule has 0 spiro atoms. The van der Waals surface area contributed by atoms with Crippen LogP contribution in [-0.2, 0) is 17.8 Å². The zero-order valence-corrected chi connectivity index (χ0v) is 17.9. The van der Waals surface area contributed by atoms with Crippen LogP contribution < -0.4 is 15.8 Å². The van der Waals surface area contributed by atoms with Gasteiger partial charge in [-0.15, -0.1) is 11.3 Å². The van der Waals surface area contributed by atoms with E-state index in [0.29, 0.717) is 22.4 Å². The van der Waals surface area contributed by atoms with E-state index in [0.717, 1.165) is 40.7 Å². The summed E-state index contributed by atoms with van der Waals surface area (Å²) in [5.74, 6) is -0.196. The topological polar surface area (TPSA) is 84.7 Å². The molecule has 1 aromatic heterocycles. The Morgan fingerprint density at radius 1 is 1.20 bits per heavy atom. The number of benzene rings is 2. The molecule has 0 unspecified atom stereocenters. The van der Waals surface area contributed by atoms with Gasteiger partial charge in [0.1, 0.15) is 10.8 Å². The smallest absolute Gasteiger partial charge is 0.262 e. The summed E-state index contributed by atoms with van der Waals surface area (Å²) in [5, 5.41) is 5.51. The van der Waals surface area contributed by atoms with Crippen LogP contribution in [0.3, 0.4) is 0 Å². The molecule has 1 aliphatic heterocycles. The summed E-state index contributed by atoms with van der Waals surface area (Å²) in [6.45, 7) is 5.81. The fraction of sp³-hybridized carbons (Fsp3) is 0.304. The first-order valence-corrected chi connectivity index (χ1v) is 10.8. The van der Waals surface area contributed by atoms with Crippen molar-refractivity contribution in [2.24, 2.45) is 5.73 Å². The average Bonchev–Trinajstić information content (AvgIpc) is 3.09. The summed E-state index contributed by atoms with van der Waals surface area (Å²) in [4.78, 5) is 28.0. The Morgan fingerprint density at radius 2 is 1.97 bits per heavy atom. The predicted molar refractivity (Wildman–Crippen MR) is 120 cm³/mol. The minimum atomic E-state index is -0.503. The number of rotatable bonds is 6. The van der Waals surface area contributed by atoms with Gasteiger partial charge < -0.3 is 15.8 Å². The van der Waals surface area contributed by atoms with Crippen molar-refractivity contribution in [1.82, 2.24) is 4.90 Å². The second-order valence-electron chi connectivity index (χ2n) is 7.73. The quantitative estimate of drug-likeness (QED) is 0.632. The molecule has 0 saturated heterocycles. The highest BCUT2D eigenvalue weighted by Crippen LogP contribution is 2.37. The van der Waals surface area contributed by atoms with Crippen LogP contribution in [0, 0.1) is 0 Å². The fourth-order valence-electron chi connectivity index (χ4n) is 3.78. The van der Waals surface area contributed by atoms with E-state index in [1.807, 2.05) is 42.5 Å². The summed E-state index contributed by atoms with van der Waals surface area (Å²) in [6, 6.07) is 14.1. The minimum absolute atomic E-state index is 0.142. The molecule has 2 heterocycles. The molecule has 6 nitrogen and oxygen atoms in total. The van der Waals surface area contributed by atoms with Crippen LogP contribution >= 0.6 is 11.3 Å². The number of amides is 2. The Kier molecular flexibility index (Phi) is 5.74. The highest BCUT2D eigenvalue weighted by molar-refractivity contribution is 7.17. The van der Waals surface area contributed by atoms with Crippen LogP contribution in [0.4, 0.5) is 5.00 Å². The maximum absolute atomic E-state index is 12.5. The van der Waals surface area contributed by atoms with Crippen molar-refractivity contribution in [2.75, 3.05) is 18.5 Å². The second kappa shape index (κ2) is 8.45. The number of nitrogens with one attached hydrogen (secondary N) is 1. The minimum Gasteiger partial charge on any atom is -0.484 e. The van der Waals surface area contributed by atoms with E-state index < -0.39 is 5.91 Å². The van der Waals surface area contributed by atoms with Crippen LogP contribution in [0.1, 0.15) is 34.6 Å². The molecule has 4 rings (SSSR count). The Labute approximate surface area is 179 Å². The standard InChI is InChI=1S/C23H25N3O3S/c1-14(2)26-10-9-18-19(12-26)30-23(21(18)22(24)28)25-20(27)13-29-17-8-7-15-5-3-4-6-16(15)11-17/h3-8,11,14H,9-10,12-13H2,1-2H3,(H2,24,28)(H,25,27). The number of thiophene rings is 1. The van der Waals surface area contributed by atoms with Crippen molar-refractivity contribution in [3.05, 3.63) is 58.5 Å². The van der Waals surface area contributed by atoms with Gasteiger partial charge in [0.2, 0.25) is 0 Å². The summed E-state index contributed by atoms with van der Waals surface area (Å²) in [7, 11) is 0. The SMILES string of the molecule is CC(C)N1CCc2c(sc(NC(=O)COc3ccc4ccccc4c3)c2C(N)=O)C1. The Bertz CT molecular complexity index is 1110. The maximum atomic E-state index is 12.5. The molecule has 2 amide bonds. The third-order valence-electron chi connectivity index (χ3n) is 5.41. The monoisotopic (exact) mass is 423 g/mol. The number of fused-ring (bicyclic) bond motifs is 2. The summed E-state index contributed by atoms with van der Waals surface area (Å²) >= 11 is 1.43. The van der Waals surface area contributed by atoms with Crippen molar-refractivity contribution in [3.8, 4) is 5.75 Å². The predicted octanol–water partition coefficient (Wildman–Crippen LogP) is 3.78. The molecule has 3 N–H and O–H groups in total. The van der Waals surface area contributed by atoms with Crippen LogP contribution in [-0.4, -0.2) is 35.9 Å².